The fourth-order valence-corrected chi connectivity index (χ4v) is 8.88. The quantitative estimate of drug-likeness (QED) is 0.181. The summed E-state index contributed by atoms with van der Waals surface area (Å²) >= 11 is 0. The second kappa shape index (κ2) is 12.3. The maximum atomic E-state index is 10.7. The van der Waals surface area contributed by atoms with E-state index in [4.69, 9.17) is 0 Å². The zero-order valence-electron chi connectivity index (χ0n) is 30.3. The Balaban J connectivity index is 1.07. The number of hydrogen-bond acceptors (Lipinski definition) is 3. The standard InChI is InChI=1S/C51H28N6/c52-29-32-17-21-43-42-12-4-8-16-49(42)57(50(43)25-32)45-24-18-33(26-35(45)31-54)38-22-19-36(27-34(38)30-53)56-48-15-7-3-11-41(48)44-23-20-37(28-51(44)56)55-46-13-5-1-9-39(46)40-10-2-6-14-47(40)55/h1-28H. The first-order chi connectivity index (χ1) is 28.1. The highest BCUT2D eigenvalue weighted by Crippen LogP contribution is 2.39. The van der Waals surface area contributed by atoms with E-state index in [1.807, 2.05) is 66.7 Å². The summed E-state index contributed by atoms with van der Waals surface area (Å²) in [5.74, 6) is 0. The molecule has 0 radical (unpaired) electrons. The first-order valence-corrected chi connectivity index (χ1v) is 18.7. The molecule has 262 valence electrons. The van der Waals surface area contributed by atoms with Gasteiger partial charge >= 0.3 is 0 Å². The molecule has 57 heavy (non-hydrogen) atoms. The van der Waals surface area contributed by atoms with E-state index in [1.165, 1.54) is 10.8 Å². The summed E-state index contributed by atoms with van der Waals surface area (Å²) in [6, 6.07) is 64.7. The average Bonchev–Trinajstić information content (AvgIpc) is 3.91. The van der Waals surface area contributed by atoms with Gasteiger partial charge in [-0.15, -0.1) is 0 Å². The van der Waals surface area contributed by atoms with Crippen LogP contribution in [0.3, 0.4) is 0 Å². The maximum absolute atomic E-state index is 10.7. The van der Waals surface area contributed by atoms with Crippen LogP contribution in [0.1, 0.15) is 16.7 Å². The van der Waals surface area contributed by atoms with Crippen LogP contribution in [0.15, 0.2) is 170 Å². The Morgan fingerprint density at radius 3 is 1.39 bits per heavy atom. The third-order valence-electron chi connectivity index (χ3n) is 11.3. The Bertz CT molecular complexity index is 3580. The summed E-state index contributed by atoms with van der Waals surface area (Å²) in [5, 5.41) is 37.6. The Morgan fingerprint density at radius 2 is 0.807 bits per heavy atom. The molecule has 11 aromatic rings. The predicted octanol–water partition coefficient (Wildman–Crippen LogP) is 12.3. The third kappa shape index (κ3) is 4.68. The summed E-state index contributed by atoms with van der Waals surface area (Å²) < 4.78 is 6.63. The van der Waals surface area contributed by atoms with E-state index in [1.54, 1.807) is 0 Å². The number of fused-ring (bicyclic) bond motifs is 9. The van der Waals surface area contributed by atoms with Crippen molar-refractivity contribution in [2.45, 2.75) is 0 Å². The van der Waals surface area contributed by atoms with Crippen LogP contribution < -0.4 is 0 Å². The fraction of sp³-hybridized carbons (Fsp3) is 0. The molecular formula is C51H28N6. The van der Waals surface area contributed by atoms with Crippen LogP contribution >= 0.6 is 0 Å². The van der Waals surface area contributed by atoms with Gasteiger partial charge in [0.1, 0.15) is 6.07 Å². The molecule has 6 heteroatoms. The minimum Gasteiger partial charge on any atom is -0.309 e. The molecule has 11 rings (SSSR count). The van der Waals surface area contributed by atoms with Crippen LogP contribution in [0.4, 0.5) is 0 Å². The third-order valence-corrected chi connectivity index (χ3v) is 11.3. The molecule has 8 aromatic carbocycles. The SMILES string of the molecule is N#Cc1ccc2c3ccccc3n(-c3ccc(-c4ccc(-n5c6ccccc6c6ccc(-n7c8ccccc8c8ccccc87)cc65)cc4C#N)cc3C#N)c2c1. The first-order valence-electron chi connectivity index (χ1n) is 18.7. The van der Waals surface area contributed by atoms with E-state index < -0.39 is 0 Å². The van der Waals surface area contributed by atoms with Crippen molar-refractivity contribution in [1.29, 1.82) is 15.8 Å². The van der Waals surface area contributed by atoms with Crippen LogP contribution in [0, 0.1) is 34.0 Å². The van der Waals surface area contributed by atoms with Gasteiger partial charge in [0.05, 0.1) is 67.6 Å². The van der Waals surface area contributed by atoms with Gasteiger partial charge in [-0.2, -0.15) is 15.8 Å². The largest absolute Gasteiger partial charge is 0.309 e. The second-order valence-electron chi connectivity index (χ2n) is 14.3. The van der Waals surface area contributed by atoms with E-state index >= 15 is 0 Å². The molecule has 0 amide bonds. The van der Waals surface area contributed by atoms with Gasteiger partial charge in [-0.25, -0.2) is 0 Å². The number of hydrogen-bond donors (Lipinski definition) is 0. The highest BCUT2D eigenvalue weighted by atomic mass is 15.0. The predicted molar refractivity (Wildman–Crippen MR) is 229 cm³/mol. The van der Waals surface area contributed by atoms with Crippen molar-refractivity contribution >= 4 is 65.4 Å². The topological polar surface area (TPSA) is 86.2 Å². The number of nitriles is 3. The van der Waals surface area contributed by atoms with Crippen molar-refractivity contribution in [3.8, 4) is 46.4 Å². The molecule has 0 fully saturated rings. The van der Waals surface area contributed by atoms with Crippen LogP contribution in [-0.2, 0) is 0 Å². The zero-order valence-corrected chi connectivity index (χ0v) is 30.3. The number of rotatable bonds is 4. The molecule has 0 unspecified atom stereocenters. The Morgan fingerprint density at radius 1 is 0.333 bits per heavy atom. The molecule has 0 saturated heterocycles. The van der Waals surface area contributed by atoms with Crippen molar-refractivity contribution in [1.82, 2.24) is 13.7 Å². The Kier molecular flexibility index (Phi) is 6.95. The van der Waals surface area contributed by atoms with Gasteiger partial charge < -0.3 is 13.7 Å². The number of benzene rings is 8. The van der Waals surface area contributed by atoms with Gasteiger partial charge in [-0.1, -0.05) is 97.1 Å². The van der Waals surface area contributed by atoms with E-state index in [2.05, 4.69) is 135 Å². The molecule has 3 heterocycles. The van der Waals surface area contributed by atoms with Crippen molar-refractivity contribution < 1.29 is 0 Å². The molecule has 0 aliphatic heterocycles. The van der Waals surface area contributed by atoms with Crippen molar-refractivity contribution in [3.63, 3.8) is 0 Å². The van der Waals surface area contributed by atoms with Gasteiger partial charge in [0.15, 0.2) is 0 Å². The normalized spacial score (nSPS) is 11.5. The van der Waals surface area contributed by atoms with Gasteiger partial charge in [0.2, 0.25) is 0 Å². The molecule has 0 aliphatic rings. The lowest BCUT2D eigenvalue weighted by Crippen LogP contribution is -2.00. The molecule has 6 nitrogen and oxygen atoms in total. The molecule has 0 N–H and O–H groups in total. The van der Waals surface area contributed by atoms with Crippen molar-refractivity contribution in [3.05, 3.63) is 187 Å². The molecule has 0 saturated carbocycles. The fourth-order valence-electron chi connectivity index (χ4n) is 8.88. The van der Waals surface area contributed by atoms with E-state index in [0.717, 1.165) is 77.1 Å². The van der Waals surface area contributed by atoms with Crippen LogP contribution in [-0.4, -0.2) is 13.7 Å². The molecule has 3 aromatic heterocycles. The number of nitrogens with zero attached hydrogens (tertiary/aromatic N) is 6. The van der Waals surface area contributed by atoms with Gasteiger partial charge in [-0.05, 0) is 83.9 Å². The lowest BCUT2D eigenvalue weighted by atomic mass is 9.97. The lowest BCUT2D eigenvalue weighted by Gasteiger charge is -2.14. The minimum atomic E-state index is 0.463. The van der Waals surface area contributed by atoms with Gasteiger partial charge in [0, 0.05) is 43.7 Å². The Hall–Kier alpha value is -8.37. The molecule has 0 spiro atoms. The molecule has 0 atom stereocenters. The average molecular weight is 725 g/mol. The molecule has 0 bridgehead atoms. The van der Waals surface area contributed by atoms with Crippen molar-refractivity contribution in [2.75, 3.05) is 0 Å². The van der Waals surface area contributed by atoms with Crippen molar-refractivity contribution in [2.24, 2.45) is 0 Å². The van der Waals surface area contributed by atoms with E-state index in [-0.39, 0.29) is 0 Å². The maximum Gasteiger partial charge on any atom is 0.101 e. The van der Waals surface area contributed by atoms with Gasteiger partial charge in [-0.3, -0.25) is 0 Å². The summed E-state index contributed by atoms with van der Waals surface area (Å²) in [6.07, 6.45) is 0. The van der Waals surface area contributed by atoms with E-state index in [9.17, 15) is 15.8 Å². The summed E-state index contributed by atoms with van der Waals surface area (Å²) in [7, 11) is 0. The highest BCUT2D eigenvalue weighted by Gasteiger charge is 2.20. The smallest absolute Gasteiger partial charge is 0.101 e. The molecular weight excluding hydrogens is 697 g/mol. The second-order valence-corrected chi connectivity index (χ2v) is 14.3. The van der Waals surface area contributed by atoms with Crippen LogP contribution in [0.25, 0.3) is 93.6 Å². The summed E-state index contributed by atoms with van der Waals surface area (Å²) in [4.78, 5) is 0. The van der Waals surface area contributed by atoms with E-state index in [0.29, 0.717) is 22.4 Å². The first kappa shape index (κ1) is 32.1. The number of para-hydroxylation sites is 4. The zero-order chi connectivity index (χ0) is 38.2. The minimum absolute atomic E-state index is 0.463. The summed E-state index contributed by atoms with van der Waals surface area (Å²) in [5.41, 5.74) is 11.8. The van der Waals surface area contributed by atoms with Crippen LogP contribution in [0.5, 0.6) is 0 Å². The monoisotopic (exact) mass is 724 g/mol. The lowest BCUT2D eigenvalue weighted by molar-refractivity contribution is 1.15. The Labute approximate surface area is 326 Å². The number of aromatic nitrogens is 3. The van der Waals surface area contributed by atoms with Gasteiger partial charge in [0.25, 0.3) is 0 Å². The van der Waals surface area contributed by atoms with Crippen LogP contribution in [0.2, 0.25) is 0 Å². The molecule has 0 aliphatic carbocycles. The highest BCUT2D eigenvalue weighted by molar-refractivity contribution is 6.12. The summed E-state index contributed by atoms with van der Waals surface area (Å²) in [6.45, 7) is 0.